The second-order valence-corrected chi connectivity index (χ2v) is 7.86. The zero-order valence-electron chi connectivity index (χ0n) is 16.5. The van der Waals surface area contributed by atoms with Crippen molar-refractivity contribution < 1.29 is 22.4 Å². The molecule has 0 aliphatic heterocycles. The number of para-hydroxylation sites is 1. The smallest absolute Gasteiger partial charge is 0.409 e. The van der Waals surface area contributed by atoms with Gasteiger partial charge in [-0.1, -0.05) is 60.3 Å². The quantitative estimate of drug-likeness (QED) is 0.383. The molecule has 0 bridgehead atoms. The molecule has 0 aliphatic carbocycles. The van der Waals surface area contributed by atoms with Gasteiger partial charge in [-0.2, -0.15) is 13.2 Å². The van der Waals surface area contributed by atoms with Crippen molar-refractivity contribution in [3.63, 3.8) is 0 Å². The maximum Gasteiger partial charge on any atom is 0.409 e. The van der Waals surface area contributed by atoms with Gasteiger partial charge in [0.25, 0.3) is 0 Å². The van der Waals surface area contributed by atoms with E-state index in [0.717, 1.165) is 5.56 Å². The third-order valence-electron chi connectivity index (χ3n) is 4.48. The summed E-state index contributed by atoms with van der Waals surface area (Å²) in [6.07, 6.45) is -1.93. The molecule has 0 fully saturated rings. The summed E-state index contributed by atoms with van der Waals surface area (Å²) in [7, 11) is 0. The second kappa shape index (κ2) is 9.31. The Labute approximate surface area is 185 Å². The van der Waals surface area contributed by atoms with Gasteiger partial charge in [-0.3, -0.25) is 9.36 Å². The molecule has 164 valence electrons. The molecule has 0 saturated heterocycles. The number of alkyl halides is 3. The summed E-state index contributed by atoms with van der Waals surface area (Å²) in [5, 5.41) is 7.94. The lowest BCUT2D eigenvalue weighted by atomic mass is 10.2. The molecule has 0 saturated carbocycles. The van der Waals surface area contributed by atoms with Crippen LogP contribution in [-0.2, 0) is 11.3 Å². The van der Waals surface area contributed by atoms with Gasteiger partial charge < -0.3 is 9.73 Å². The molecule has 32 heavy (non-hydrogen) atoms. The van der Waals surface area contributed by atoms with Crippen molar-refractivity contribution in [2.24, 2.45) is 0 Å². The Bertz CT molecular complexity index is 1160. The van der Waals surface area contributed by atoms with Crippen LogP contribution in [0.3, 0.4) is 0 Å². The number of carbonyl (C=O) groups is 1. The third-order valence-corrected chi connectivity index (χ3v) is 5.71. The van der Waals surface area contributed by atoms with Gasteiger partial charge in [-0.15, -0.1) is 10.2 Å². The normalized spacial score (nSPS) is 12.5. The number of halogens is 3. The number of rotatable bonds is 7. The Morgan fingerprint density at radius 1 is 1.03 bits per heavy atom. The van der Waals surface area contributed by atoms with E-state index in [2.05, 4.69) is 15.5 Å². The number of anilines is 1. The van der Waals surface area contributed by atoms with E-state index in [9.17, 15) is 18.0 Å². The molecule has 4 rings (SSSR count). The van der Waals surface area contributed by atoms with E-state index in [1.54, 1.807) is 28.8 Å². The first-order valence-electron chi connectivity index (χ1n) is 9.51. The summed E-state index contributed by atoms with van der Waals surface area (Å²) in [5.41, 5.74) is 1.69. The summed E-state index contributed by atoms with van der Waals surface area (Å²) in [5.74, 6) is -0.845. The van der Waals surface area contributed by atoms with Crippen molar-refractivity contribution in [2.75, 3.05) is 5.32 Å². The van der Waals surface area contributed by atoms with E-state index in [0.29, 0.717) is 23.1 Å². The summed E-state index contributed by atoms with van der Waals surface area (Å²) in [4.78, 5) is 12.5. The van der Waals surface area contributed by atoms with Crippen LogP contribution in [0.15, 0.2) is 88.8 Å². The number of hydrogen-bond donors (Lipinski definition) is 1. The number of nitrogens with zero attached hydrogens (tertiary/aromatic N) is 3. The van der Waals surface area contributed by atoms with Crippen LogP contribution in [0.1, 0.15) is 5.56 Å². The van der Waals surface area contributed by atoms with E-state index in [1.165, 1.54) is 24.7 Å². The van der Waals surface area contributed by atoms with Gasteiger partial charge in [0.05, 0.1) is 18.4 Å². The van der Waals surface area contributed by atoms with Crippen LogP contribution in [0.4, 0.5) is 18.9 Å². The lowest BCUT2D eigenvalue weighted by molar-refractivity contribution is -0.146. The minimum absolute atomic E-state index is 0.0319. The summed E-state index contributed by atoms with van der Waals surface area (Å²) >= 11 is 0.309. The zero-order valence-corrected chi connectivity index (χ0v) is 17.3. The highest BCUT2D eigenvalue weighted by Gasteiger charge is 2.47. The molecule has 2 aromatic carbocycles. The third kappa shape index (κ3) is 5.02. The molecule has 0 aliphatic rings. The molecule has 2 heterocycles. The Morgan fingerprint density at radius 2 is 1.72 bits per heavy atom. The fraction of sp³-hybridized carbons (Fsp3) is 0.136. The number of hydrogen-bond acceptors (Lipinski definition) is 5. The molecule has 0 radical (unpaired) electrons. The van der Waals surface area contributed by atoms with Gasteiger partial charge in [0.15, 0.2) is 16.2 Å². The number of thioether (sulfide) groups is 1. The van der Waals surface area contributed by atoms with E-state index in [1.807, 2.05) is 30.3 Å². The predicted molar refractivity (Wildman–Crippen MR) is 114 cm³/mol. The number of amides is 1. The topological polar surface area (TPSA) is 73.0 Å². The lowest BCUT2D eigenvalue weighted by Gasteiger charge is -2.19. The minimum atomic E-state index is -4.80. The van der Waals surface area contributed by atoms with Gasteiger partial charge in [0, 0.05) is 5.69 Å². The Hall–Kier alpha value is -3.53. The zero-order chi connectivity index (χ0) is 22.6. The Balaban J connectivity index is 1.67. The van der Waals surface area contributed by atoms with Crippen LogP contribution < -0.4 is 5.32 Å². The van der Waals surface area contributed by atoms with Crippen LogP contribution >= 0.6 is 11.8 Å². The maximum absolute atomic E-state index is 13.8. The lowest BCUT2D eigenvalue weighted by Crippen LogP contribution is -2.38. The molecule has 4 aromatic rings. The van der Waals surface area contributed by atoms with E-state index in [-0.39, 0.29) is 17.4 Å². The monoisotopic (exact) mass is 458 g/mol. The SMILES string of the molecule is O=C(Nc1ccccc1)C(Sc1nnc(-c2ccoc2)n1Cc1ccccc1)C(F)(F)F. The van der Waals surface area contributed by atoms with Crippen molar-refractivity contribution >= 4 is 23.4 Å². The highest BCUT2D eigenvalue weighted by molar-refractivity contribution is 8.00. The molecular weight excluding hydrogens is 441 g/mol. The van der Waals surface area contributed by atoms with E-state index in [4.69, 9.17) is 4.42 Å². The largest absolute Gasteiger partial charge is 0.472 e. The van der Waals surface area contributed by atoms with Crippen molar-refractivity contribution in [2.45, 2.75) is 23.1 Å². The van der Waals surface area contributed by atoms with E-state index >= 15 is 0 Å². The molecule has 1 atom stereocenters. The highest BCUT2D eigenvalue weighted by atomic mass is 32.2. The van der Waals surface area contributed by atoms with Crippen LogP contribution in [0, 0.1) is 0 Å². The van der Waals surface area contributed by atoms with Crippen LogP contribution in [0.5, 0.6) is 0 Å². The number of furan rings is 1. The average Bonchev–Trinajstić information content (AvgIpc) is 3.43. The van der Waals surface area contributed by atoms with Crippen LogP contribution in [-0.4, -0.2) is 32.1 Å². The maximum atomic E-state index is 13.8. The highest BCUT2D eigenvalue weighted by Crippen LogP contribution is 2.37. The van der Waals surface area contributed by atoms with Gasteiger partial charge in [-0.05, 0) is 23.8 Å². The van der Waals surface area contributed by atoms with E-state index < -0.39 is 17.3 Å². The number of nitrogens with one attached hydrogen (secondary N) is 1. The molecule has 1 unspecified atom stereocenters. The van der Waals surface area contributed by atoms with Crippen molar-refractivity contribution in [3.8, 4) is 11.4 Å². The van der Waals surface area contributed by atoms with Crippen molar-refractivity contribution in [1.29, 1.82) is 0 Å². The first kappa shape index (κ1) is 21.7. The fourth-order valence-electron chi connectivity index (χ4n) is 2.99. The average molecular weight is 458 g/mol. The van der Waals surface area contributed by atoms with Gasteiger partial charge in [0.1, 0.15) is 6.26 Å². The van der Waals surface area contributed by atoms with Gasteiger partial charge >= 0.3 is 6.18 Å². The number of benzene rings is 2. The molecule has 2 aromatic heterocycles. The first-order chi connectivity index (χ1) is 15.4. The molecule has 1 N–H and O–H groups in total. The molecule has 1 amide bonds. The summed E-state index contributed by atoms with van der Waals surface area (Å²) < 4.78 is 48.2. The Morgan fingerprint density at radius 3 is 2.34 bits per heavy atom. The fourth-order valence-corrected chi connectivity index (χ4v) is 3.87. The molecule has 10 heteroatoms. The minimum Gasteiger partial charge on any atom is -0.472 e. The van der Waals surface area contributed by atoms with Gasteiger partial charge in [-0.25, -0.2) is 0 Å². The van der Waals surface area contributed by atoms with Crippen molar-refractivity contribution in [1.82, 2.24) is 14.8 Å². The summed E-state index contributed by atoms with van der Waals surface area (Å²) in [6.45, 7) is 0.224. The van der Waals surface area contributed by atoms with Crippen molar-refractivity contribution in [3.05, 3.63) is 84.8 Å². The second-order valence-electron chi connectivity index (χ2n) is 6.78. The van der Waals surface area contributed by atoms with Crippen LogP contribution in [0.2, 0.25) is 0 Å². The van der Waals surface area contributed by atoms with Crippen LogP contribution in [0.25, 0.3) is 11.4 Å². The molecule has 6 nitrogen and oxygen atoms in total. The molecular formula is C22H17F3N4O2S. The predicted octanol–water partition coefficient (Wildman–Crippen LogP) is 5.25. The number of aromatic nitrogens is 3. The van der Waals surface area contributed by atoms with Gasteiger partial charge in [0.2, 0.25) is 5.91 Å². The Kier molecular flexibility index (Phi) is 6.31. The standard InChI is InChI=1S/C22H17F3N4O2S/c23-22(24,25)18(20(30)26-17-9-5-2-6-10-17)32-21-28-27-19(16-11-12-31-14-16)29(21)13-15-7-3-1-4-8-15/h1-12,14,18H,13H2,(H,26,30). The molecule has 0 spiro atoms. The first-order valence-corrected chi connectivity index (χ1v) is 10.4. The number of carbonyl (C=O) groups excluding carboxylic acids is 1. The summed E-state index contributed by atoms with van der Waals surface area (Å²) in [6, 6.07) is 18.8.